The van der Waals surface area contributed by atoms with Crippen molar-refractivity contribution >= 4 is 16.6 Å². The molecular weight excluding hydrogens is 214 g/mol. The molecule has 0 fully saturated rings. The van der Waals surface area contributed by atoms with Gasteiger partial charge in [-0.05, 0) is 13.8 Å². The lowest BCUT2D eigenvalue weighted by atomic mass is 10.4. The molecule has 2 atom stereocenters. The second kappa shape index (κ2) is 5.06. The number of H-pyrrole nitrogens is 1. The minimum absolute atomic E-state index is 0.0320. The van der Waals surface area contributed by atoms with Gasteiger partial charge in [0, 0.05) is 34.9 Å². The minimum Gasteiger partial charge on any atom is -0.366 e. The molecule has 0 amide bonds. The summed E-state index contributed by atoms with van der Waals surface area (Å²) in [7, 11) is -0.856. The Hall–Kier alpha value is -1.17. The fourth-order valence-corrected chi connectivity index (χ4v) is 2.09. The Balaban J connectivity index is 2.72. The van der Waals surface area contributed by atoms with Crippen LogP contribution in [0.4, 0.5) is 5.82 Å². The van der Waals surface area contributed by atoms with Crippen molar-refractivity contribution in [2.75, 3.05) is 17.3 Å². The van der Waals surface area contributed by atoms with E-state index in [4.69, 9.17) is 0 Å². The van der Waals surface area contributed by atoms with Gasteiger partial charge in [0.15, 0.2) is 0 Å². The van der Waals surface area contributed by atoms with Crippen molar-refractivity contribution in [3.63, 3.8) is 0 Å². The molecule has 15 heavy (non-hydrogen) atoms. The maximum absolute atomic E-state index is 11.1. The Bertz CT molecular complexity index is 416. The van der Waals surface area contributed by atoms with Crippen molar-refractivity contribution in [3.8, 4) is 0 Å². The van der Waals surface area contributed by atoms with E-state index in [2.05, 4.69) is 15.3 Å². The van der Waals surface area contributed by atoms with Gasteiger partial charge in [-0.2, -0.15) is 0 Å². The number of aryl methyl sites for hydroxylation is 1. The molecule has 0 saturated carbocycles. The monoisotopic (exact) mass is 229 g/mol. The molecule has 0 spiro atoms. The third kappa shape index (κ3) is 4.24. The lowest BCUT2D eigenvalue weighted by molar-refractivity contribution is 0.683. The Labute approximate surface area is 90.8 Å². The smallest absolute Gasteiger partial charge is 0.252 e. The van der Waals surface area contributed by atoms with Gasteiger partial charge in [0.05, 0.1) is 0 Å². The van der Waals surface area contributed by atoms with Crippen molar-refractivity contribution in [2.45, 2.75) is 19.9 Å². The zero-order valence-electron chi connectivity index (χ0n) is 9.03. The molecule has 2 N–H and O–H groups in total. The maximum Gasteiger partial charge on any atom is 0.252 e. The van der Waals surface area contributed by atoms with Gasteiger partial charge in [-0.25, -0.2) is 4.98 Å². The highest BCUT2D eigenvalue weighted by atomic mass is 32.2. The lowest BCUT2D eigenvalue weighted by Gasteiger charge is -2.12. The zero-order chi connectivity index (χ0) is 11.4. The van der Waals surface area contributed by atoms with Crippen molar-refractivity contribution in [1.82, 2.24) is 9.97 Å². The number of nitrogens with zero attached hydrogens (tertiary/aromatic N) is 1. The summed E-state index contributed by atoms with van der Waals surface area (Å²) in [4.78, 5) is 17.8. The zero-order valence-corrected chi connectivity index (χ0v) is 9.85. The van der Waals surface area contributed by atoms with Crippen LogP contribution in [0.25, 0.3) is 0 Å². The molecule has 0 aliphatic heterocycles. The molecule has 84 valence electrons. The lowest BCUT2D eigenvalue weighted by Crippen LogP contribution is -2.24. The van der Waals surface area contributed by atoms with Crippen LogP contribution >= 0.6 is 0 Å². The SMILES string of the molecule is Cc1nc(NC(C)CS(C)=O)cc(=O)[nH]1. The van der Waals surface area contributed by atoms with Crippen molar-refractivity contribution in [2.24, 2.45) is 0 Å². The van der Waals surface area contributed by atoms with Crippen LogP contribution in [0.2, 0.25) is 0 Å². The molecule has 0 aliphatic carbocycles. The molecule has 0 aliphatic rings. The molecule has 0 radical (unpaired) electrons. The first kappa shape index (κ1) is 11.9. The Morgan fingerprint density at radius 3 is 2.87 bits per heavy atom. The van der Waals surface area contributed by atoms with Gasteiger partial charge >= 0.3 is 0 Å². The number of anilines is 1. The average Bonchev–Trinajstić information content (AvgIpc) is 1.98. The Kier molecular flexibility index (Phi) is 4.02. The molecule has 5 nitrogen and oxygen atoms in total. The van der Waals surface area contributed by atoms with E-state index < -0.39 is 10.8 Å². The van der Waals surface area contributed by atoms with E-state index in [1.54, 1.807) is 13.2 Å². The van der Waals surface area contributed by atoms with Gasteiger partial charge < -0.3 is 10.3 Å². The van der Waals surface area contributed by atoms with E-state index >= 15 is 0 Å². The standard InChI is InChI=1S/C9H15N3O2S/c1-6(5-15(3)14)10-8-4-9(13)12-7(2)11-8/h4,6H,5H2,1-3H3,(H2,10,11,12,13). The highest BCUT2D eigenvalue weighted by molar-refractivity contribution is 7.84. The average molecular weight is 229 g/mol. The number of hydrogen-bond donors (Lipinski definition) is 2. The van der Waals surface area contributed by atoms with Crippen molar-refractivity contribution < 1.29 is 4.21 Å². The summed E-state index contributed by atoms with van der Waals surface area (Å²) in [6, 6.07) is 1.42. The van der Waals surface area contributed by atoms with Crippen LogP contribution in [-0.4, -0.2) is 32.2 Å². The highest BCUT2D eigenvalue weighted by Gasteiger charge is 2.05. The predicted molar refractivity (Wildman–Crippen MR) is 61.6 cm³/mol. The van der Waals surface area contributed by atoms with Gasteiger partial charge in [0.1, 0.15) is 11.6 Å². The number of rotatable bonds is 4. The molecular formula is C9H15N3O2S. The van der Waals surface area contributed by atoms with Gasteiger partial charge in [-0.3, -0.25) is 9.00 Å². The second-order valence-corrected chi connectivity index (χ2v) is 4.98. The van der Waals surface area contributed by atoms with Gasteiger partial charge in [0.25, 0.3) is 5.56 Å². The summed E-state index contributed by atoms with van der Waals surface area (Å²) in [6.45, 7) is 3.62. The minimum atomic E-state index is -0.856. The van der Waals surface area contributed by atoms with Crippen LogP contribution in [0, 0.1) is 6.92 Å². The summed E-state index contributed by atoms with van der Waals surface area (Å²) in [5.74, 6) is 1.62. The van der Waals surface area contributed by atoms with E-state index in [0.717, 1.165) is 0 Å². The van der Waals surface area contributed by atoms with Crippen molar-refractivity contribution in [3.05, 3.63) is 22.2 Å². The van der Waals surface area contributed by atoms with Crippen molar-refractivity contribution in [1.29, 1.82) is 0 Å². The molecule has 0 aromatic carbocycles. The van der Waals surface area contributed by atoms with E-state index in [9.17, 15) is 9.00 Å². The Morgan fingerprint density at radius 2 is 2.33 bits per heavy atom. The number of nitrogens with one attached hydrogen (secondary N) is 2. The van der Waals surface area contributed by atoms with Gasteiger partial charge in [0.2, 0.25) is 0 Å². The summed E-state index contributed by atoms with van der Waals surface area (Å²) < 4.78 is 11.0. The first-order valence-electron chi connectivity index (χ1n) is 4.62. The third-order valence-corrected chi connectivity index (χ3v) is 2.71. The van der Waals surface area contributed by atoms with Gasteiger partial charge in [-0.1, -0.05) is 0 Å². The summed E-state index contributed by atoms with van der Waals surface area (Å²) in [6.07, 6.45) is 1.65. The number of hydrogen-bond acceptors (Lipinski definition) is 4. The van der Waals surface area contributed by atoms with Crippen LogP contribution in [0.1, 0.15) is 12.7 Å². The van der Waals surface area contributed by atoms with E-state index in [1.165, 1.54) is 6.07 Å². The first-order chi connectivity index (χ1) is 6.97. The molecule has 2 unspecified atom stereocenters. The third-order valence-electron chi connectivity index (χ3n) is 1.74. The van der Waals surface area contributed by atoms with Crippen LogP contribution in [0.15, 0.2) is 10.9 Å². The molecule has 6 heteroatoms. The summed E-state index contributed by atoms with van der Waals surface area (Å²) >= 11 is 0. The Morgan fingerprint density at radius 1 is 1.67 bits per heavy atom. The molecule has 1 aromatic rings. The topological polar surface area (TPSA) is 74.8 Å². The van der Waals surface area contributed by atoms with Crippen LogP contribution in [-0.2, 0) is 10.8 Å². The fraction of sp³-hybridized carbons (Fsp3) is 0.556. The van der Waals surface area contributed by atoms with Crippen LogP contribution in [0.3, 0.4) is 0 Å². The second-order valence-electron chi connectivity index (χ2n) is 3.50. The molecule has 0 saturated heterocycles. The fourth-order valence-electron chi connectivity index (χ4n) is 1.30. The first-order valence-corrected chi connectivity index (χ1v) is 6.34. The van der Waals surface area contributed by atoms with Crippen LogP contribution < -0.4 is 10.9 Å². The summed E-state index contributed by atoms with van der Waals surface area (Å²) in [5, 5.41) is 3.03. The molecule has 1 rings (SSSR count). The van der Waals surface area contributed by atoms with Crippen LogP contribution in [0.5, 0.6) is 0 Å². The van der Waals surface area contributed by atoms with E-state index in [-0.39, 0.29) is 11.6 Å². The normalized spacial score (nSPS) is 14.6. The summed E-state index contributed by atoms with van der Waals surface area (Å²) in [5.41, 5.74) is -0.185. The van der Waals surface area contributed by atoms with E-state index in [0.29, 0.717) is 17.4 Å². The molecule has 1 heterocycles. The molecule has 1 aromatic heterocycles. The highest BCUT2D eigenvalue weighted by Crippen LogP contribution is 2.01. The maximum atomic E-state index is 11.1. The largest absolute Gasteiger partial charge is 0.366 e. The molecule has 0 bridgehead atoms. The predicted octanol–water partition coefficient (Wildman–Crippen LogP) is 0.257. The van der Waals surface area contributed by atoms with E-state index in [1.807, 2.05) is 6.92 Å². The number of aromatic amines is 1. The number of aromatic nitrogens is 2. The quantitative estimate of drug-likeness (QED) is 0.776. The van der Waals surface area contributed by atoms with Gasteiger partial charge in [-0.15, -0.1) is 0 Å².